The SMILES string of the molecule is C=CCC=C(/C=C\CC(/C=C\CN/C=C/C=C\C/C=C\C=C/PC(/C=C\C(C)=C\C)=C/CC)=C/C)PC1C=C=CC(c2ccccc2)=CC1. The van der Waals surface area contributed by atoms with E-state index in [1.807, 2.05) is 12.3 Å². The molecule has 3 atom stereocenters. The molecule has 1 aliphatic rings. The van der Waals surface area contributed by atoms with Gasteiger partial charge in [0, 0.05) is 12.2 Å². The summed E-state index contributed by atoms with van der Waals surface area (Å²) in [5.74, 6) is 2.25. The van der Waals surface area contributed by atoms with Gasteiger partial charge in [-0.3, -0.25) is 0 Å². The molecule has 0 spiro atoms. The van der Waals surface area contributed by atoms with E-state index < -0.39 is 0 Å². The topological polar surface area (TPSA) is 12.0 Å². The third-order valence-electron chi connectivity index (χ3n) is 7.41. The van der Waals surface area contributed by atoms with E-state index in [1.165, 1.54) is 32.9 Å². The molecule has 1 N–H and O–H groups in total. The Morgan fingerprint density at radius 2 is 1.71 bits per heavy atom. The molecule has 1 nitrogen and oxygen atoms in total. The fourth-order valence-corrected chi connectivity index (χ4v) is 6.74. The van der Waals surface area contributed by atoms with Gasteiger partial charge in [0.1, 0.15) is 0 Å². The van der Waals surface area contributed by atoms with Gasteiger partial charge in [-0.05, 0) is 105 Å². The molecule has 0 fully saturated rings. The monoisotopic (exact) mass is 685 g/mol. The number of rotatable bonds is 21. The highest BCUT2D eigenvalue weighted by Gasteiger charge is 2.09. The molecule has 0 bridgehead atoms. The van der Waals surface area contributed by atoms with Crippen molar-refractivity contribution in [1.82, 2.24) is 5.32 Å². The third-order valence-corrected chi connectivity index (χ3v) is 9.95. The van der Waals surface area contributed by atoms with Gasteiger partial charge < -0.3 is 5.32 Å². The molecule has 0 saturated heterocycles. The van der Waals surface area contributed by atoms with Crippen LogP contribution in [-0.2, 0) is 0 Å². The molecule has 0 heterocycles. The smallest absolute Gasteiger partial charge is 0.0328 e. The second kappa shape index (κ2) is 27.9. The average molecular weight is 686 g/mol. The van der Waals surface area contributed by atoms with E-state index in [0.29, 0.717) is 22.8 Å². The molecule has 49 heavy (non-hydrogen) atoms. The predicted molar refractivity (Wildman–Crippen MR) is 228 cm³/mol. The van der Waals surface area contributed by atoms with Crippen molar-refractivity contribution in [2.75, 3.05) is 6.54 Å². The van der Waals surface area contributed by atoms with Crippen LogP contribution in [0.4, 0.5) is 0 Å². The van der Waals surface area contributed by atoms with Crippen molar-refractivity contribution in [2.45, 2.75) is 65.5 Å². The van der Waals surface area contributed by atoms with E-state index in [4.69, 9.17) is 0 Å². The second-order valence-electron chi connectivity index (χ2n) is 11.3. The summed E-state index contributed by atoms with van der Waals surface area (Å²) in [5.41, 5.74) is 9.00. The third kappa shape index (κ3) is 20.2. The van der Waals surface area contributed by atoms with Crippen molar-refractivity contribution >= 4 is 22.7 Å². The van der Waals surface area contributed by atoms with Crippen LogP contribution in [0.25, 0.3) is 5.57 Å². The maximum atomic E-state index is 3.92. The Hall–Kier alpha value is -3.98. The van der Waals surface area contributed by atoms with Crippen LogP contribution in [0.2, 0.25) is 0 Å². The van der Waals surface area contributed by atoms with Crippen LogP contribution in [0.5, 0.6) is 0 Å². The molecule has 256 valence electrons. The van der Waals surface area contributed by atoms with E-state index in [0.717, 1.165) is 38.6 Å². The Morgan fingerprint density at radius 1 is 0.898 bits per heavy atom. The fourth-order valence-electron chi connectivity index (χ4n) is 4.55. The lowest BCUT2D eigenvalue weighted by molar-refractivity contribution is 0.983. The number of hydrogen-bond acceptors (Lipinski definition) is 1. The molecule has 0 amide bonds. The summed E-state index contributed by atoms with van der Waals surface area (Å²) in [4.78, 5) is 0. The fraction of sp³-hybridized carbons (Fsp3) is 0.239. The minimum Gasteiger partial charge on any atom is -0.387 e. The molecule has 0 saturated carbocycles. The molecule has 1 aliphatic carbocycles. The molecule has 0 aromatic heterocycles. The maximum Gasteiger partial charge on any atom is 0.0328 e. The molecular formula is C46H57NP2. The molecule has 0 radical (unpaired) electrons. The van der Waals surface area contributed by atoms with Gasteiger partial charge in [0.25, 0.3) is 0 Å². The Bertz CT molecular complexity index is 1560. The Balaban J connectivity index is 1.72. The zero-order chi connectivity index (χ0) is 35.2. The second-order valence-corrected chi connectivity index (χ2v) is 14.1. The summed E-state index contributed by atoms with van der Waals surface area (Å²) in [6.07, 6.45) is 50.6. The molecule has 1 aromatic carbocycles. The summed E-state index contributed by atoms with van der Waals surface area (Å²) in [5, 5.41) is 6.11. The van der Waals surface area contributed by atoms with Gasteiger partial charge in [-0.2, -0.15) is 0 Å². The zero-order valence-electron chi connectivity index (χ0n) is 30.1. The number of nitrogens with one attached hydrogen (secondary N) is 1. The van der Waals surface area contributed by atoms with Crippen molar-refractivity contribution in [3.63, 3.8) is 0 Å². The van der Waals surface area contributed by atoms with Crippen LogP contribution in [0, 0.1) is 0 Å². The molecule has 3 unspecified atom stereocenters. The van der Waals surface area contributed by atoms with Crippen molar-refractivity contribution in [3.8, 4) is 0 Å². The molecule has 1 aromatic rings. The summed E-state index contributed by atoms with van der Waals surface area (Å²) < 4.78 is 0. The summed E-state index contributed by atoms with van der Waals surface area (Å²) in [7, 11) is 1.39. The molecular weight excluding hydrogens is 628 g/mol. The molecule has 2 rings (SSSR count). The highest BCUT2D eigenvalue weighted by molar-refractivity contribution is 7.46. The van der Waals surface area contributed by atoms with E-state index in [9.17, 15) is 0 Å². The maximum absolute atomic E-state index is 3.92. The first-order valence-electron chi connectivity index (χ1n) is 17.5. The van der Waals surface area contributed by atoms with E-state index in [2.05, 4.69) is 197 Å². The lowest BCUT2D eigenvalue weighted by atomic mass is 10.1. The Morgan fingerprint density at radius 3 is 2.47 bits per heavy atom. The van der Waals surface area contributed by atoms with Gasteiger partial charge in [-0.15, -0.1) is 12.3 Å². The van der Waals surface area contributed by atoms with Crippen LogP contribution in [0.15, 0.2) is 198 Å². The predicted octanol–water partition coefficient (Wildman–Crippen LogP) is 13.8. The molecule has 3 heteroatoms. The van der Waals surface area contributed by atoms with Crippen LogP contribution in [0.1, 0.15) is 65.4 Å². The largest absolute Gasteiger partial charge is 0.387 e. The van der Waals surface area contributed by atoms with Gasteiger partial charge in [0.05, 0.1) is 0 Å². The Labute approximate surface area is 302 Å². The highest BCUT2D eigenvalue weighted by atomic mass is 31.1. The number of hydrogen-bond donors (Lipinski definition) is 1. The van der Waals surface area contributed by atoms with Crippen LogP contribution in [0.3, 0.4) is 0 Å². The van der Waals surface area contributed by atoms with E-state index >= 15 is 0 Å². The molecule has 0 aliphatic heterocycles. The average Bonchev–Trinajstić information content (AvgIpc) is 3.37. The minimum absolute atomic E-state index is 0.458. The quantitative estimate of drug-likeness (QED) is 0.0447. The summed E-state index contributed by atoms with van der Waals surface area (Å²) in [6, 6.07) is 10.6. The van der Waals surface area contributed by atoms with Gasteiger partial charge in [-0.25, -0.2) is 0 Å². The lowest BCUT2D eigenvalue weighted by Gasteiger charge is -2.11. The number of benzene rings is 1. The minimum atomic E-state index is 0.458. The van der Waals surface area contributed by atoms with Crippen molar-refractivity contribution in [3.05, 3.63) is 204 Å². The highest BCUT2D eigenvalue weighted by Crippen LogP contribution is 2.36. The first-order chi connectivity index (χ1) is 24.1. The van der Waals surface area contributed by atoms with Gasteiger partial charge in [0.15, 0.2) is 0 Å². The van der Waals surface area contributed by atoms with Crippen molar-refractivity contribution < 1.29 is 0 Å². The normalized spacial score (nSPS) is 17.4. The first kappa shape index (κ1) is 41.2. The zero-order valence-corrected chi connectivity index (χ0v) is 32.1. The van der Waals surface area contributed by atoms with E-state index in [-0.39, 0.29) is 0 Å². The van der Waals surface area contributed by atoms with Crippen LogP contribution < -0.4 is 5.32 Å². The summed E-state index contributed by atoms with van der Waals surface area (Å²) >= 11 is 0. The standard InChI is InChI=1S/C46H57NP2/c1-6-10-30-45(49-46-32-22-29-43(34-36-46)42-27-17-16-18-28-42)31-21-25-41(9-4)26-23-38-47-37-19-14-12-11-13-15-20-39-48-44(24-7-2)35-33-40(5)8-3/h6,8-9,12-21,23-24,26-35,37,39,46-49H,1,7,10-11,25,36,38H2,2-5H3/b14-12-,15-13-,26-23-,31-21-,35-33-,37-19+,39-20-,40-8+,41-9-,44-24+,45-30?. The van der Waals surface area contributed by atoms with Crippen molar-refractivity contribution in [1.29, 1.82) is 0 Å². The lowest BCUT2D eigenvalue weighted by Crippen LogP contribution is -2.03. The van der Waals surface area contributed by atoms with Crippen molar-refractivity contribution in [2.24, 2.45) is 0 Å². The number of allylic oxidation sites excluding steroid dienone is 23. The van der Waals surface area contributed by atoms with Gasteiger partial charge in [-0.1, -0.05) is 169 Å². The summed E-state index contributed by atoms with van der Waals surface area (Å²) in [6.45, 7) is 13.2. The Kier molecular flexibility index (Phi) is 23.5. The van der Waals surface area contributed by atoms with Gasteiger partial charge >= 0.3 is 0 Å². The van der Waals surface area contributed by atoms with Crippen LogP contribution in [-0.4, -0.2) is 12.2 Å². The first-order valence-corrected chi connectivity index (χ1v) is 19.6. The van der Waals surface area contributed by atoms with E-state index in [1.54, 1.807) is 0 Å². The van der Waals surface area contributed by atoms with Crippen LogP contribution >= 0.6 is 17.2 Å². The van der Waals surface area contributed by atoms with Gasteiger partial charge in [0.2, 0.25) is 0 Å².